The van der Waals surface area contributed by atoms with Crippen molar-refractivity contribution in [2.45, 2.75) is 97.3 Å². The van der Waals surface area contributed by atoms with Gasteiger partial charge < -0.3 is 5.11 Å². The second kappa shape index (κ2) is 14.5. The van der Waals surface area contributed by atoms with Gasteiger partial charge in [0, 0.05) is 12.8 Å². The Balaban J connectivity index is 3.46. The number of aliphatic carboxylic acids is 1. The van der Waals surface area contributed by atoms with Gasteiger partial charge in [-0.1, -0.05) is 64.5 Å². The Kier molecular flexibility index (Phi) is 13.8. The fourth-order valence-corrected chi connectivity index (χ4v) is 2.62. The van der Waals surface area contributed by atoms with Crippen LogP contribution in [0.5, 0.6) is 0 Å². The van der Waals surface area contributed by atoms with Gasteiger partial charge in [-0.3, -0.25) is 9.59 Å². The maximum atomic E-state index is 11.8. The topological polar surface area (TPSA) is 54.4 Å². The molecule has 0 saturated carbocycles. The van der Waals surface area contributed by atoms with Crippen LogP contribution in [-0.4, -0.2) is 16.9 Å². The summed E-state index contributed by atoms with van der Waals surface area (Å²) in [4.78, 5) is 22.5. The average Bonchev–Trinajstić information content (AvgIpc) is 2.52. The Hall–Kier alpha value is -1.12. The Labute approximate surface area is 142 Å². The normalized spacial score (nSPS) is 12.1. The van der Waals surface area contributed by atoms with Crippen molar-refractivity contribution in [2.75, 3.05) is 0 Å². The fourth-order valence-electron chi connectivity index (χ4n) is 2.62. The molecule has 3 nitrogen and oxygen atoms in total. The third-order valence-electron chi connectivity index (χ3n) is 4.41. The van der Waals surface area contributed by atoms with Crippen molar-refractivity contribution in [2.24, 2.45) is 5.92 Å². The van der Waals surface area contributed by atoms with E-state index in [1.54, 1.807) is 6.92 Å². The number of rotatable bonds is 16. The van der Waals surface area contributed by atoms with Crippen LogP contribution in [0.2, 0.25) is 0 Å². The summed E-state index contributed by atoms with van der Waals surface area (Å²) < 4.78 is 0. The van der Waals surface area contributed by atoms with E-state index < -0.39 is 5.97 Å². The lowest BCUT2D eigenvalue weighted by Gasteiger charge is -2.07. The quantitative estimate of drug-likeness (QED) is 0.283. The van der Waals surface area contributed by atoms with E-state index in [-0.39, 0.29) is 5.92 Å². The minimum Gasteiger partial charge on any atom is -0.481 e. The number of unbranched alkanes of at least 4 members (excludes halogenated alkanes) is 6. The van der Waals surface area contributed by atoms with Gasteiger partial charge in [0.1, 0.15) is 5.78 Å². The molecular weight excluding hydrogens is 288 g/mol. The van der Waals surface area contributed by atoms with Crippen molar-refractivity contribution in [3.63, 3.8) is 0 Å². The van der Waals surface area contributed by atoms with Crippen molar-refractivity contribution < 1.29 is 14.7 Å². The van der Waals surface area contributed by atoms with Gasteiger partial charge in [0.05, 0.1) is 5.92 Å². The molecule has 3 heteroatoms. The number of carbonyl (C=O) groups is 2. The molecule has 0 radical (unpaired) electrons. The number of hydrogen-bond acceptors (Lipinski definition) is 2. The van der Waals surface area contributed by atoms with Crippen LogP contribution in [-0.2, 0) is 9.59 Å². The van der Waals surface area contributed by atoms with Gasteiger partial charge in [0.25, 0.3) is 0 Å². The molecule has 0 saturated heterocycles. The molecule has 134 valence electrons. The van der Waals surface area contributed by atoms with Crippen LogP contribution in [0.25, 0.3) is 0 Å². The minimum atomic E-state index is -0.697. The summed E-state index contributed by atoms with van der Waals surface area (Å²) >= 11 is 0. The zero-order valence-corrected chi connectivity index (χ0v) is 15.2. The summed E-state index contributed by atoms with van der Waals surface area (Å²) in [5.41, 5.74) is 1.19. The van der Waals surface area contributed by atoms with E-state index in [0.29, 0.717) is 12.2 Å². The largest absolute Gasteiger partial charge is 0.481 e. The van der Waals surface area contributed by atoms with Gasteiger partial charge in [0.15, 0.2) is 0 Å². The van der Waals surface area contributed by atoms with Crippen LogP contribution >= 0.6 is 0 Å². The summed E-state index contributed by atoms with van der Waals surface area (Å²) in [5, 5.41) is 8.80. The highest BCUT2D eigenvalue weighted by molar-refractivity contribution is 5.78. The number of Topliss-reactive ketones (excluding diaryl/α,β-unsaturated/α-hetero) is 1. The summed E-state index contributed by atoms with van der Waals surface area (Å²) in [6, 6.07) is 0. The van der Waals surface area contributed by atoms with Crippen LogP contribution in [0, 0.1) is 5.92 Å². The Morgan fingerprint density at radius 1 is 0.870 bits per heavy atom. The molecular formula is C20H36O3. The molecule has 0 aliphatic carbocycles. The van der Waals surface area contributed by atoms with Crippen molar-refractivity contribution in [1.82, 2.24) is 0 Å². The maximum Gasteiger partial charge on any atom is 0.306 e. The van der Waals surface area contributed by atoms with Crippen LogP contribution in [0.15, 0.2) is 12.2 Å². The molecule has 0 aliphatic rings. The minimum absolute atomic E-state index is 0.228. The smallest absolute Gasteiger partial charge is 0.306 e. The van der Waals surface area contributed by atoms with Crippen LogP contribution < -0.4 is 0 Å². The van der Waals surface area contributed by atoms with E-state index >= 15 is 0 Å². The fraction of sp³-hybridized carbons (Fsp3) is 0.800. The van der Waals surface area contributed by atoms with E-state index in [4.69, 9.17) is 5.11 Å². The molecule has 1 N–H and O–H groups in total. The SMILES string of the molecule is C=C(CCCCCCC(C)C(=O)O)CCC(=O)CCCCCC. The van der Waals surface area contributed by atoms with Crippen molar-refractivity contribution in [3.8, 4) is 0 Å². The zero-order valence-electron chi connectivity index (χ0n) is 15.2. The van der Waals surface area contributed by atoms with Gasteiger partial charge in [-0.25, -0.2) is 0 Å². The first-order valence-electron chi connectivity index (χ1n) is 9.38. The number of ketones is 1. The van der Waals surface area contributed by atoms with Crippen LogP contribution in [0.3, 0.4) is 0 Å². The first-order chi connectivity index (χ1) is 11.0. The van der Waals surface area contributed by atoms with E-state index in [9.17, 15) is 9.59 Å². The molecule has 0 rings (SSSR count). The molecule has 1 unspecified atom stereocenters. The molecule has 0 bridgehead atoms. The molecule has 0 aromatic heterocycles. The average molecular weight is 325 g/mol. The monoisotopic (exact) mass is 324 g/mol. The molecule has 0 spiro atoms. The van der Waals surface area contributed by atoms with Gasteiger partial charge in [-0.15, -0.1) is 0 Å². The summed E-state index contributed by atoms with van der Waals surface area (Å²) in [7, 11) is 0. The van der Waals surface area contributed by atoms with E-state index in [2.05, 4.69) is 13.5 Å². The zero-order chi connectivity index (χ0) is 17.5. The lowest BCUT2D eigenvalue weighted by molar-refractivity contribution is -0.141. The Bertz CT molecular complexity index is 347. The highest BCUT2D eigenvalue weighted by Gasteiger charge is 2.09. The predicted molar refractivity (Wildman–Crippen MR) is 96.6 cm³/mol. The highest BCUT2D eigenvalue weighted by Crippen LogP contribution is 2.16. The van der Waals surface area contributed by atoms with Crippen LogP contribution in [0.4, 0.5) is 0 Å². The number of carboxylic acid groups (broad SMARTS) is 1. The molecule has 0 heterocycles. The number of hydrogen-bond donors (Lipinski definition) is 1. The second-order valence-electron chi connectivity index (χ2n) is 6.79. The third-order valence-corrected chi connectivity index (χ3v) is 4.41. The molecule has 0 aliphatic heterocycles. The molecule has 23 heavy (non-hydrogen) atoms. The Morgan fingerprint density at radius 3 is 2.13 bits per heavy atom. The molecule has 0 fully saturated rings. The Morgan fingerprint density at radius 2 is 1.48 bits per heavy atom. The molecule has 0 aromatic carbocycles. The van der Waals surface area contributed by atoms with Crippen molar-refractivity contribution in [3.05, 3.63) is 12.2 Å². The lowest BCUT2D eigenvalue weighted by Crippen LogP contribution is -2.08. The van der Waals surface area contributed by atoms with Gasteiger partial charge in [0.2, 0.25) is 0 Å². The summed E-state index contributed by atoms with van der Waals surface area (Å²) in [5.74, 6) is -0.545. The first kappa shape index (κ1) is 21.9. The number of carbonyl (C=O) groups excluding carboxylic acids is 1. The van der Waals surface area contributed by atoms with Gasteiger partial charge >= 0.3 is 5.97 Å². The standard InChI is InChI=1S/C20H36O3/c1-4-5-6-11-14-19(21)16-15-17(2)12-9-7-8-10-13-18(3)20(22)23/h18H,2,4-16H2,1,3H3,(H,22,23). The van der Waals surface area contributed by atoms with E-state index in [1.165, 1.54) is 24.8 Å². The van der Waals surface area contributed by atoms with E-state index in [1.807, 2.05) is 0 Å². The van der Waals surface area contributed by atoms with Crippen LogP contribution in [0.1, 0.15) is 97.3 Å². The van der Waals surface area contributed by atoms with Gasteiger partial charge in [-0.05, 0) is 32.1 Å². The highest BCUT2D eigenvalue weighted by atomic mass is 16.4. The first-order valence-corrected chi connectivity index (χ1v) is 9.38. The molecule has 1 atom stereocenters. The molecule has 0 amide bonds. The summed E-state index contributed by atoms with van der Waals surface area (Å²) in [6.45, 7) is 8.02. The molecule has 0 aromatic rings. The van der Waals surface area contributed by atoms with Gasteiger partial charge in [-0.2, -0.15) is 0 Å². The summed E-state index contributed by atoms with van der Waals surface area (Å²) in [6.07, 6.45) is 12.9. The third kappa shape index (κ3) is 14.2. The van der Waals surface area contributed by atoms with Crippen molar-refractivity contribution in [1.29, 1.82) is 0 Å². The number of carboxylic acids is 1. The van der Waals surface area contributed by atoms with Crippen molar-refractivity contribution >= 4 is 11.8 Å². The maximum absolute atomic E-state index is 11.8. The number of allylic oxidation sites excluding steroid dienone is 1. The predicted octanol–water partition coefficient (Wildman–Crippen LogP) is 5.92. The lowest BCUT2D eigenvalue weighted by atomic mass is 9.99. The second-order valence-corrected chi connectivity index (χ2v) is 6.79. The van der Waals surface area contributed by atoms with E-state index in [0.717, 1.165) is 57.8 Å².